The van der Waals surface area contributed by atoms with Crippen LogP contribution in [0.25, 0.3) is 26.0 Å². The van der Waals surface area contributed by atoms with E-state index < -0.39 is 0 Å². The minimum atomic E-state index is -0.267. The highest BCUT2D eigenvalue weighted by Gasteiger charge is 2.18. The molecule has 0 aliphatic heterocycles. The molecule has 4 nitrogen and oxygen atoms in total. The lowest BCUT2D eigenvalue weighted by Crippen LogP contribution is -2.38. The van der Waals surface area contributed by atoms with Crippen LogP contribution >= 0.6 is 11.3 Å². The van der Waals surface area contributed by atoms with Crippen LogP contribution < -0.4 is 11.2 Å². The van der Waals surface area contributed by atoms with Gasteiger partial charge in [0.2, 0.25) is 0 Å². The lowest BCUT2D eigenvalue weighted by atomic mass is 10.1. The van der Waals surface area contributed by atoms with E-state index in [0.717, 1.165) is 28.4 Å². The van der Waals surface area contributed by atoms with Gasteiger partial charge in [0.25, 0.3) is 5.56 Å². The van der Waals surface area contributed by atoms with Gasteiger partial charge in [0.05, 0.1) is 11.2 Å². The molecule has 2 heterocycles. The Balaban J connectivity index is 2.12. The van der Waals surface area contributed by atoms with Crippen LogP contribution in [0.5, 0.6) is 0 Å². The molecule has 26 heavy (non-hydrogen) atoms. The van der Waals surface area contributed by atoms with Crippen molar-refractivity contribution in [2.24, 2.45) is 0 Å². The number of rotatable bonds is 4. The third kappa shape index (κ3) is 2.51. The van der Waals surface area contributed by atoms with Crippen LogP contribution in [0.1, 0.15) is 25.8 Å². The fraction of sp³-hybridized carbons (Fsp3) is 0.238. The van der Waals surface area contributed by atoms with E-state index in [2.05, 4.69) is 6.92 Å². The SMILES string of the molecule is CCCn1c(=O)n(-c2ccc(CC)cc2)c(=O)c2sc3ccccc3c21. The van der Waals surface area contributed by atoms with Gasteiger partial charge in [-0.15, -0.1) is 11.3 Å². The van der Waals surface area contributed by atoms with Gasteiger partial charge >= 0.3 is 5.69 Å². The van der Waals surface area contributed by atoms with Gasteiger partial charge in [-0.2, -0.15) is 0 Å². The average molecular weight is 364 g/mol. The van der Waals surface area contributed by atoms with Gasteiger partial charge in [-0.25, -0.2) is 9.36 Å². The molecule has 0 fully saturated rings. The molecule has 0 N–H and O–H groups in total. The van der Waals surface area contributed by atoms with E-state index in [1.54, 1.807) is 4.57 Å². The van der Waals surface area contributed by atoms with Gasteiger partial charge in [0, 0.05) is 16.6 Å². The Kier molecular flexibility index (Phi) is 4.24. The quantitative estimate of drug-likeness (QED) is 0.541. The topological polar surface area (TPSA) is 44.0 Å². The van der Waals surface area contributed by atoms with Crippen LogP contribution in [0.2, 0.25) is 0 Å². The summed E-state index contributed by atoms with van der Waals surface area (Å²) in [5, 5.41) is 0.976. The standard InChI is InChI=1S/C21H20N2O2S/c1-3-13-22-18-16-7-5-6-8-17(16)26-19(18)20(24)23(21(22)25)15-11-9-14(4-2)10-12-15/h5-12H,3-4,13H2,1-2H3. The molecule has 0 spiro atoms. The molecule has 4 aromatic rings. The zero-order chi connectivity index (χ0) is 18.3. The van der Waals surface area contributed by atoms with Gasteiger partial charge in [-0.05, 0) is 36.6 Å². The summed E-state index contributed by atoms with van der Waals surface area (Å²) in [5.74, 6) is 0. The Bertz CT molecular complexity index is 1210. The third-order valence-electron chi connectivity index (χ3n) is 4.71. The molecule has 5 heteroatoms. The van der Waals surface area contributed by atoms with Crippen molar-refractivity contribution in [3.8, 4) is 5.69 Å². The number of aromatic nitrogens is 2. The molecule has 0 saturated heterocycles. The summed E-state index contributed by atoms with van der Waals surface area (Å²) in [6, 6.07) is 15.6. The molecule has 0 unspecified atom stereocenters. The molecule has 0 aliphatic carbocycles. The molecule has 2 aromatic carbocycles. The molecule has 0 radical (unpaired) electrons. The number of hydrogen-bond acceptors (Lipinski definition) is 3. The number of hydrogen-bond donors (Lipinski definition) is 0. The molecule has 2 aromatic heterocycles. The van der Waals surface area contributed by atoms with E-state index in [1.807, 2.05) is 55.5 Å². The maximum absolute atomic E-state index is 13.2. The smallest absolute Gasteiger partial charge is 0.291 e. The number of benzene rings is 2. The summed E-state index contributed by atoms with van der Waals surface area (Å²) < 4.78 is 4.73. The highest BCUT2D eigenvalue weighted by molar-refractivity contribution is 7.25. The number of fused-ring (bicyclic) bond motifs is 3. The Hall–Kier alpha value is -2.66. The van der Waals surface area contributed by atoms with E-state index in [9.17, 15) is 9.59 Å². The fourth-order valence-corrected chi connectivity index (χ4v) is 4.53. The molecule has 0 atom stereocenters. The van der Waals surface area contributed by atoms with Crippen molar-refractivity contribution in [3.05, 3.63) is 74.9 Å². The Morgan fingerprint density at radius 2 is 1.69 bits per heavy atom. The van der Waals surface area contributed by atoms with Crippen LogP contribution in [0.3, 0.4) is 0 Å². The monoisotopic (exact) mass is 364 g/mol. The molecule has 0 saturated carbocycles. The first-order chi connectivity index (χ1) is 12.7. The summed E-state index contributed by atoms with van der Waals surface area (Å²) in [4.78, 5) is 26.4. The van der Waals surface area contributed by atoms with Crippen LogP contribution in [0, 0.1) is 0 Å². The normalized spacial score (nSPS) is 11.5. The summed E-state index contributed by atoms with van der Waals surface area (Å²) in [6.07, 6.45) is 1.75. The maximum atomic E-state index is 13.2. The van der Waals surface area contributed by atoms with Crippen LogP contribution in [-0.4, -0.2) is 9.13 Å². The van der Waals surface area contributed by atoms with Crippen molar-refractivity contribution in [2.45, 2.75) is 33.2 Å². The van der Waals surface area contributed by atoms with Crippen molar-refractivity contribution < 1.29 is 0 Å². The predicted molar refractivity (Wildman–Crippen MR) is 109 cm³/mol. The number of nitrogens with zero attached hydrogens (tertiary/aromatic N) is 2. The van der Waals surface area contributed by atoms with Crippen molar-refractivity contribution in [1.29, 1.82) is 0 Å². The summed E-state index contributed by atoms with van der Waals surface area (Å²) in [6.45, 7) is 4.71. The van der Waals surface area contributed by atoms with Crippen molar-refractivity contribution in [1.82, 2.24) is 9.13 Å². The molecule has 0 bridgehead atoms. The second kappa shape index (κ2) is 6.57. The molecular weight excluding hydrogens is 344 g/mol. The van der Waals surface area contributed by atoms with Crippen molar-refractivity contribution >= 4 is 31.6 Å². The van der Waals surface area contributed by atoms with Gasteiger partial charge in [-0.1, -0.05) is 44.2 Å². The van der Waals surface area contributed by atoms with Crippen LogP contribution in [-0.2, 0) is 13.0 Å². The lowest BCUT2D eigenvalue weighted by Gasteiger charge is -2.12. The van der Waals surface area contributed by atoms with E-state index in [4.69, 9.17) is 0 Å². The van der Waals surface area contributed by atoms with Gasteiger partial charge in [-0.3, -0.25) is 9.36 Å². The minimum Gasteiger partial charge on any atom is -0.291 e. The summed E-state index contributed by atoms with van der Waals surface area (Å²) >= 11 is 1.46. The summed E-state index contributed by atoms with van der Waals surface area (Å²) in [7, 11) is 0. The highest BCUT2D eigenvalue weighted by Crippen LogP contribution is 2.31. The second-order valence-corrected chi connectivity index (χ2v) is 7.42. The van der Waals surface area contributed by atoms with E-state index in [1.165, 1.54) is 21.5 Å². The molecule has 132 valence electrons. The zero-order valence-electron chi connectivity index (χ0n) is 14.9. The minimum absolute atomic E-state index is 0.234. The van der Waals surface area contributed by atoms with Gasteiger partial charge in [0.1, 0.15) is 4.70 Å². The maximum Gasteiger partial charge on any atom is 0.336 e. The Morgan fingerprint density at radius 3 is 2.38 bits per heavy atom. The number of aryl methyl sites for hydroxylation is 2. The van der Waals surface area contributed by atoms with Crippen molar-refractivity contribution in [2.75, 3.05) is 0 Å². The van der Waals surface area contributed by atoms with Crippen LogP contribution in [0.15, 0.2) is 58.1 Å². The molecule has 0 aliphatic rings. The number of thiophene rings is 1. The average Bonchev–Trinajstić information content (AvgIpc) is 3.06. The second-order valence-electron chi connectivity index (χ2n) is 6.37. The van der Waals surface area contributed by atoms with E-state index in [0.29, 0.717) is 16.9 Å². The fourth-order valence-electron chi connectivity index (χ4n) is 3.39. The highest BCUT2D eigenvalue weighted by atomic mass is 32.1. The molecule has 4 rings (SSSR count). The first kappa shape index (κ1) is 16.8. The third-order valence-corrected chi connectivity index (χ3v) is 5.86. The Labute approximate surface area is 154 Å². The van der Waals surface area contributed by atoms with Crippen molar-refractivity contribution in [3.63, 3.8) is 0 Å². The lowest BCUT2D eigenvalue weighted by molar-refractivity contribution is 0.639. The van der Waals surface area contributed by atoms with Gasteiger partial charge in [0.15, 0.2) is 0 Å². The molecular formula is C21H20N2O2S. The first-order valence-electron chi connectivity index (χ1n) is 8.92. The largest absolute Gasteiger partial charge is 0.336 e. The van der Waals surface area contributed by atoms with E-state index >= 15 is 0 Å². The molecule has 0 amide bonds. The summed E-state index contributed by atoms with van der Waals surface area (Å²) in [5.41, 5.74) is 2.07. The first-order valence-corrected chi connectivity index (χ1v) is 9.73. The van der Waals surface area contributed by atoms with Crippen LogP contribution in [0.4, 0.5) is 0 Å². The Morgan fingerprint density at radius 1 is 0.962 bits per heavy atom. The zero-order valence-corrected chi connectivity index (χ0v) is 15.7. The predicted octanol–water partition coefficient (Wildman–Crippen LogP) is 4.34. The van der Waals surface area contributed by atoms with Gasteiger partial charge < -0.3 is 0 Å². The van der Waals surface area contributed by atoms with E-state index in [-0.39, 0.29) is 11.2 Å².